The number of hydrogen-bond acceptors (Lipinski definition) is 3. The minimum absolute atomic E-state index is 0.0843. The van der Waals surface area contributed by atoms with E-state index in [0.717, 1.165) is 12.8 Å². The SMILES string of the molecule is O=C(Nc1ccc(Cl)c(Cl)c1)[C@@H]1CCCCN1C(=O)c1cccs1. The molecule has 1 fully saturated rings. The van der Waals surface area contributed by atoms with Crippen LogP contribution in [0.2, 0.25) is 10.0 Å². The van der Waals surface area contributed by atoms with Crippen LogP contribution in [0.3, 0.4) is 0 Å². The summed E-state index contributed by atoms with van der Waals surface area (Å²) < 4.78 is 0. The van der Waals surface area contributed by atoms with Crippen molar-refractivity contribution >= 4 is 52.0 Å². The van der Waals surface area contributed by atoms with Crippen LogP contribution in [-0.4, -0.2) is 29.3 Å². The molecule has 0 saturated carbocycles. The molecule has 0 spiro atoms. The minimum atomic E-state index is -0.470. The van der Waals surface area contributed by atoms with Gasteiger partial charge in [0.05, 0.1) is 14.9 Å². The zero-order valence-electron chi connectivity index (χ0n) is 12.8. The number of rotatable bonds is 3. The van der Waals surface area contributed by atoms with Crippen molar-refractivity contribution in [3.63, 3.8) is 0 Å². The van der Waals surface area contributed by atoms with Gasteiger partial charge in [0, 0.05) is 12.2 Å². The van der Waals surface area contributed by atoms with Crippen LogP contribution in [0.15, 0.2) is 35.7 Å². The number of nitrogens with one attached hydrogen (secondary N) is 1. The number of thiophene rings is 1. The van der Waals surface area contributed by atoms with Gasteiger partial charge in [0.1, 0.15) is 6.04 Å². The molecule has 0 bridgehead atoms. The van der Waals surface area contributed by atoms with E-state index in [2.05, 4.69) is 5.32 Å². The highest BCUT2D eigenvalue weighted by molar-refractivity contribution is 7.12. The van der Waals surface area contributed by atoms with Crippen molar-refractivity contribution in [2.75, 3.05) is 11.9 Å². The van der Waals surface area contributed by atoms with Gasteiger partial charge in [-0.15, -0.1) is 11.3 Å². The van der Waals surface area contributed by atoms with Gasteiger partial charge in [-0.2, -0.15) is 0 Å². The van der Waals surface area contributed by atoms with Crippen LogP contribution in [0, 0.1) is 0 Å². The van der Waals surface area contributed by atoms with Crippen LogP contribution < -0.4 is 5.32 Å². The minimum Gasteiger partial charge on any atom is -0.326 e. The summed E-state index contributed by atoms with van der Waals surface area (Å²) in [6.07, 6.45) is 2.49. The number of likely N-dealkylation sites (tertiary alicyclic amines) is 1. The molecule has 0 aliphatic carbocycles. The van der Waals surface area contributed by atoms with Gasteiger partial charge in [0.15, 0.2) is 0 Å². The molecule has 1 aromatic carbocycles. The van der Waals surface area contributed by atoms with E-state index in [4.69, 9.17) is 23.2 Å². The fourth-order valence-electron chi connectivity index (χ4n) is 2.79. The Balaban J connectivity index is 1.75. The molecular weight excluding hydrogens is 367 g/mol. The molecule has 1 saturated heterocycles. The molecule has 1 atom stereocenters. The average Bonchev–Trinajstić information content (AvgIpc) is 3.12. The summed E-state index contributed by atoms with van der Waals surface area (Å²) in [5.41, 5.74) is 0.573. The highest BCUT2D eigenvalue weighted by Crippen LogP contribution is 2.27. The molecule has 24 heavy (non-hydrogen) atoms. The standard InChI is InChI=1S/C17H16Cl2N2O2S/c18-12-7-6-11(10-13(12)19)20-16(22)14-4-1-2-8-21(14)17(23)15-5-3-9-24-15/h3,5-7,9-10,14H,1-2,4,8H2,(H,20,22)/t14-/m0/s1. The lowest BCUT2D eigenvalue weighted by Crippen LogP contribution is -2.49. The summed E-state index contributed by atoms with van der Waals surface area (Å²) in [4.78, 5) is 27.6. The molecule has 1 N–H and O–H groups in total. The third-order valence-corrected chi connectivity index (χ3v) is 5.58. The van der Waals surface area contributed by atoms with Crippen molar-refractivity contribution in [1.29, 1.82) is 0 Å². The van der Waals surface area contributed by atoms with Crippen molar-refractivity contribution in [3.05, 3.63) is 50.6 Å². The maximum Gasteiger partial charge on any atom is 0.264 e. The smallest absolute Gasteiger partial charge is 0.264 e. The first-order valence-electron chi connectivity index (χ1n) is 7.66. The van der Waals surface area contributed by atoms with E-state index in [1.165, 1.54) is 11.3 Å². The Bertz CT molecular complexity index is 749. The molecule has 0 unspecified atom stereocenters. The second kappa shape index (κ2) is 7.55. The van der Waals surface area contributed by atoms with Crippen molar-refractivity contribution in [2.45, 2.75) is 25.3 Å². The molecule has 1 aliphatic heterocycles. The first kappa shape index (κ1) is 17.3. The molecule has 7 heteroatoms. The summed E-state index contributed by atoms with van der Waals surface area (Å²) >= 11 is 13.3. The number of halogens is 2. The Morgan fingerprint density at radius 2 is 2.00 bits per heavy atom. The number of benzene rings is 1. The van der Waals surface area contributed by atoms with Crippen LogP contribution in [0.25, 0.3) is 0 Å². The summed E-state index contributed by atoms with van der Waals surface area (Å²) in [5.74, 6) is -0.281. The van der Waals surface area contributed by atoms with Gasteiger partial charge in [-0.3, -0.25) is 9.59 Å². The molecule has 2 aromatic rings. The second-order valence-electron chi connectivity index (χ2n) is 5.61. The van der Waals surface area contributed by atoms with Gasteiger partial charge in [-0.1, -0.05) is 29.3 Å². The molecule has 3 rings (SSSR count). The van der Waals surface area contributed by atoms with Crippen LogP contribution >= 0.6 is 34.5 Å². The number of hydrogen-bond donors (Lipinski definition) is 1. The van der Waals surface area contributed by atoms with Crippen molar-refractivity contribution < 1.29 is 9.59 Å². The Morgan fingerprint density at radius 1 is 1.17 bits per heavy atom. The van der Waals surface area contributed by atoms with Crippen molar-refractivity contribution in [2.24, 2.45) is 0 Å². The number of carbonyl (C=O) groups is 2. The van der Waals surface area contributed by atoms with E-state index in [1.54, 1.807) is 29.2 Å². The van der Waals surface area contributed by atoms with Crippen molar-refractivity contribution in [3.8, 4) is 0 Å². The van der Waals surface area contributed by atoms with E-state index in [0.29, 0.717) is 33.6 Å². The number of nitrogens with zero attached hydrogens (tertiary/aromatic N) is 1. The summed E-state index contributed by atoms with van der Waals surface area (Å²) in [6.45, 7) is 0.593. The maximum absolute atomic E-state index is 12.7. The monoisotopic (exact) mass is 382 g/mol. The number of amides is 2. The molecular formula is C17H16Cl2N2O2S. The topological polar surface area (TPSA) is 49.4 Å². The molecule has 0 radical (unpaired) electrons. The quantitative estimate of drug-likeness (QED) is 0.836. The van der Waals surface area contributed by atoms with Crippen LogP contribution in [-0.2, 0) is 4.79 Å². The zero-order valence-corrected chi connectivity index (χ0v) is 15.1. The third-order valence-electron chi connectivity index (χ3n) is 3.99. The van der Waals surface area contributed by atoms with E-state index >= 15 is 0 Å². The second-order valence-corrected chi connectivity index (χ2v) is 7.37. The number of anilines is 1. The average molecular weight is 383 g/mol. The maximum atomic E-state index is 12.7. The molecule has 4 nitrogen and oxygen atoms in total. The van der Waals surface area contributed by atoms with E-state index in [9.17, 15) is 9.59 Å². The van der Waals surface area contributed by atoms with Crippen molar-refractivity contribution in [1.82, 2.24) is 4.90 Å². The molecule has 1 aliphatic rings. The van der Waals surface area contributed by atoms with Crippen LogP contribution in [0.5, 0.6) is 0 Å². The Labute approximate surface area is 154 Å². The lowest BCUT2D eigenvalue weighted by molar-refractivity contribution is -0.121. The highest BCUT2D eigenvalue weighted by atomic mass is 35.5. The molecule has 1 aromatic heterocycles. The Morgan fingerprint density at radius 3 is 2.71 bits per heavy atom. The highest BCUT2D eigenvalue weighted by Gasteiger charge is 2.33. The summed E-state index contributed by atoms with van der Waals surface area (Å²) in [7, 11) is 0. The number of carbonyl (C=O) groups excluding carboxylic acids is 2. The first-order chi connectivity index (χ1) is 11.6. The predicted molar refractivity (Wildman–Crippen MR) is 98.1 cm³/mol. The largest absolute Gasteiger partial charge is 0.326 e. The van der Waals surface area contributed by atoms with Gasteiger partial charge in [0.2, 0.25) is 5.91 Å². The molecule has 2 amide bonds. The Kier molecular flexibility index (Phi) is 5.43. The van der Waals surface area contributed by atoms with Gasteiger partial charge >= 0.3 is 0 Å². The zero-order chi connectivity index (χ0) is 17.1. The normalized spacial score (nSPS) is 17.6. The number of piperidine rings is 1. The predicted octanol–water partition coefficient (Wildman–Crippen LogP) is 4.69. The third kappa shape index (κ3) is 3.74. The Hall–Kier alpha value is -1.56. The van der Waals surface area contributed by atoms with E-state index < -0.39 is 6.04 Å². The summed E-state index contributed by atoms with van der Waals surface area (Å²) in [6, 6.07) is 8.09. The van der Waals surface area contributed by atoms with E-state index in [1.807, 2.05) is 11.4 Å². The van der Waals surface area contributed by atoms with Crippen LogP contribution in [0.1, 0.15) is 28.9 Å². The van der Waals surface area contributed by atoms with Crippen LogP contribution in [0.4, 0.5) is 5.69 Å². The van der Waals surface area contributed by atoms with Gasteiger partial charge in [0.25, 0.3) is 5.91 Å². The molecule has 126 valence electrons. The first-order valence-corrected chi connectivity index (χ1v) is 9.30. The van der Waals surface area contributed by atoms with Gasteiger partial charge < -0.3 is 10.2 Å². The fraction of sp³-hybridized carbons (Fsp3) is 0.294. The van der Waals surface area contributed by atoms with Gasteiger partial charge in [-0.25, -0.2) is 0 Å². The van der Waals surface area contributed by atoms with E-state index in [-0.39, 0.29) is 11.8 Å². The lowest BCUT2D eigenvalue weighted by atomic mass is 10.0. The molecule has 2 heterocycles. The fourth-order valence-corrected chi connectivity index (χ4v) is 3.77. The van der Waals surface area contributed by atoms with Gasteiger partial charge in [-0.05, 0) is 48.9 Å². The lowest BCUT2D eigenvalue weighted by Gasteiger charge is -2.34. The summed E-state index contributed by atoms with van der Waals surface area (Å²) in [5, 5.41) is 5.51.